The number of likely N-dealkylation sites (tertiary alicyclic amines) is 1. The van der Waals surface area contributed by atoms with E-state index in [0.717, 1.165) is 11.1 Å². The van der Waals surface area contributed by atoms with Gasteiger partial charge in [0, 0.05) is 50.7 Å². The molecule has 1 saturated carbocycles. The smallest absolute Gasteiger partial charge is 0.327 e. The maximum atomic E-state index is 15.7. The summed E-state index contributed by atoms with van der Waals surface area (Å²) in [7, 11) is 3.35. The van der Waals surface area contributed by atoms with Crippen molar-refractivity contribution in [1.29, 1.82) is 0 Å². The second-order valence-corrected chi connectivity index (χ2v) is 18.2. The number of nitrogens with zero attached hydrogens (tertiary/aromatic N) is 3. The Morgan fingerprint density at radius 2 is 1.60 bits per heavy atom. The fourth-order valence-electron chi connectivity index (χ4n) is 9.64. The van der Waals surface area contributed by atoms with E-state index in [0.29, 0.717) is 24.0 Å². The molecule has 0 spiro atoms. The maximum absolute atomic E-state index is 15.7. The van der Waals surface area contributed by atoms with Crippen LogP contribution in [0.25, 0.3) is 6.08 Å². The van der Waals surface area contributed by atoms with Gasteiger partial charge in [-0.1, -0.05) is 84.9 Å². The SMILES string of the molecule is CN(C)C(=O)C=Cc1ccc(CN2O[C@@H]3[C@H]4OC(c5ccccc5)(c5ccccc5)O[C@H]4[C@@H]4C[C@]3(C(=O)N3CCC[C@@H]3C(=O)N[C@H](CO)CCC(=O)OC(C)(C)C)[C@@H]2C(=O)O4)cc1. The van der Waals surface area contributed by atoms with Gasteiger partial charge in [0.1, 0.15) is 41.5 Å². The first kappa shape index (κ1) is 44.2. The zero-order valence-electron chi connectivity index (χ0n) is 36.3. The van der Waals surface area contributed by atoms with E-state index in [1.54, 1.807) is 40.9 Å². The molecule has 8 rings (SSSR count). The highest BCUT2D eigenvalue weighted by atomic mass is 16.8. The van der Waals surface area contributed by atoms with Gasteiger partial charge in [0.15, 0.2) is 6.04 Å². The van der Waals surface area contributed by atoms with Gasteiger partial charge in [0.25, 0.3) is 0 Å². The molecular weight excluding hydrogens is 809 g/mol. The zero-order chi connectivity index (χ0) is 44.7. The lowest BCUT2D eigenvalue weighted by molar-refractivity contribution is -0.214. The molecule has 0 aromatic heterocycles. The minimum atomic E-state index is -1.56. The van der Waals surface area contributed by atoms with E-state index in [2.05, 4.69) is 5.32 Å². The van der Waals surface area contributed by atoms with E-state index in [1.807, 2.05) is 84.9 Å². The number of esters is 2. The zero-order valence-corrected chi connectivity index (χ0v) is 36.3. The fourth-order valence-corrected chi connectivity index (χ4v) is 9.64. The van der Waals surface area contributed by atoms with Crippen LogP contribution >= 0.6 is 0 Å². The van der Waals surface area contributed by atoms with Crippen LogP contribution in [0.15, 0.2) is 91.0 Å². The minimum absolute atomic E-state index is 0.0210. The number of rotatable bonds is 13. The average Bonchev–Trinajstić information content (AvgIpc) is 4.01. The summed E-state index contributed by atoms with van der Waals surface area (Å²) in [6, 6.07) is 23.5. The summed E-state index contributed by atoms with van der Waals surface area (Å²) >= 11 is 0. The average molecular weight is 865 g/mol. The van der Waals surface area contributed by atoms with Gasteiger partial charge in [0.2, 0.25) is 23.5 Å². The number of amides is 3. The van der Waals surface area contributed by atoms with Gasteiger partial charge < -0.3 is 39.2 Å². The molecule has 4 heterocycles. The summed E-state index contributed by atoms with van der Waals surface area (Å²) in [5.74, 6) is -3.59. The molecule has 4 saturated heterocycles. The topological polar surface area (TPSA) is 173 Å². The molecule has 334 valence electrons. The van der Waals surface area contributed by atoms with Crippen LogP contribution in [0.4, 0.5) is 0 Å². The standard InChI is InChI=1S/C48H56N4O11/c1-46(2,3)60-38(55)25-23-34(29-53)49-43(56)35-17-12-26-51(35)45(58)47-27-36-39-40(62-48(61-39,32-13-8-6-9-14-32)33-15-10-7-11-16-33)42(47)63-52(41(47)44(57)59-36)28-31-20-18-30(19-21-31)22-24-37(54)50(4)5/h6-11,13-16,18-22,24,34-36,39-42,53H,12,17,23,25-29H2,1-5H3,(H,49,56)/t34-,35+,36-,39-,40-,41-,42+,47-/m0/s1. The molecule has 8 atom stereocenters. The van der Waals surface area contributed by atoms with E-state index in [9.17, 15) is 24.3 Å². The molecule has 4 aliphatic heterocycles. The van der Waals surface area contributed by atoms with Crippen LogP contribution in [0.2, 0.25) is 0 Å². The van der Waals surface area contributed by atoms with Crippen molar-refractivity contribution in [1.82, 2.24) is 20.2 Å². The Morgan fingerprint density at radius 3 is 2.22 bits per heavy atom. The normalized spacial score (nSPS) is 27.7. The van der Waals surface area contributed by atoms with Gasteiger partial charge in [-0.25, -0.2) is 0 Å². The third-order valence-corrected chi connectivity index (χ3v) is 12.5. The Labute approximate surface area is 367 Å². The largest absolute Gasteiger partial charge is 0.460 e. The first-order valence-electron chi connectivity index (χ1n) is 21.7. The number of carbonyl (C=O) groups is 5. The Bertz CT molecular complexity index is 2170. The van der Waals surface area contributed by atoms with E-state index >= 15 is 4.79 Å². The molecule has 15 nitrogen and oxygen atoms in total. The highest BCUT2D eigenvalue weighted by Gasteiger charge is 2.77. The summed E-state index contributed by atoms with van der Waals surface area (Å²) in [5, 5.41) is 14.6. The Balaban J connectivity index is 1.12. The molecule has 1 aliphatic carbocycles. The van der Waals surface area contributed by atoms with Crippen molar-refractivity contribution in [3.63, 3.8) is 0 Å². The van der Waals surface area contributed by atoms with Crippen molar-refractivity contribution in [2.24, 2.45) is 5.41 Å². The molecule has 3 aromatic rings. The molecule has 3 aromatic carbocycles. The molecule has 15 heteroatoms. The van der Waals surface area contributed by atoms with Gasteiger partial charge in [-0.15, -0.1) is 0 Å². The summed E-state index contributed by atoms with van der Waals surface area (Å²) in [5.41, 5.74) is 0.741. The van der Waals surface area contributed by atoms with Crippen LogP contribution in [-0.4, -0.2) is 125 Å². The monoisotopic (exact) mass is 864 g/mol. The van der Waals surface area contributed by atoms with Crippen molar-refractivity contribution in [3.05, 3.63) is 113 Å². The second kappa shape index (κ2) is 17.6. The molecule has 0 unspecified atom stereocenters. The number of likely N-dealkylation sites (N-methyl/N-ethyl adjacent to an activating group) is 1. The summed E-state index contributed by atoms with van der Waals surface area (Å²) in [6.07, 6.45) is 0.573. The molecule has 0 radical (unpaired) electrons. The fraction of sp³-hybridized carbons (Fsp3) is 0.479. The van der Waals surface area contributed by atoms with Gasteiger partial charge in [-0.05, 0) is 57.2 Å². The summed E-state index contributed by atoms with van der Waals surface area (Å²) < 4.78 is 25.8. The van der Waals surface area contributed by atoms with Crippen LogP contribution < -0.4 is 5.32 Å². The van der Waals surface area contributed by atoms with Gasteiger partial charge in [0.05, 0.1) is 19.2 Å². The third-order valence-electron chi connectivity index (χ3n) is 12.5. The lowest BCUT2D eigenvalue weighted by Gasteiger charge is -2.50. The maximum Gasteiger partial charge on any atom is 0.327 e. The molecular formula is C48H56N4O11. The number of hydrogen-bond acceptors (Lipinski definition) is 12. The van der Waals surface area contributed by atoms with Gasteiger partial charge in [-0.2, -0.15) is 5.06 Å². The quantitative estimate of drug-likeness (QED) is 0.188. The lowest BCUT2D eigenvalue weighted by atomic mass is 9.62. The van der Waals surface area contributed by atoms with Gasteiger partial charge >= 0.3 is 11.9 Å². The van der Waals surface area contributed by atoms with Crippen molar-refractivity contribution < 1.29 is 52.9 Å². The number of hydroxylamine groups is 2. The van der Waals surface area contributed by atoms with E-state index in [4.69, 9.17) is 23.8 Å². The molecule has 2 N–H and O–H groups in total. The highest BCUT2D eigenvalue weighted by Crippen LogP contribution is 2.60. The third kappa shape index (κ3) is 8.52. The van der Waals surface area contributed by atoms with Crippen molar-refractivity contribution in [3.8, 4) is 0 Å². The Morgan fingerprint density at radius 1 is 0.952 bits per heavy atom. The van der Waals surface area contributed by atoms with E-state index in [1.165, 1.54) is 20.9 Å². The number of nitrogens with one attached hydrogen (secondary N) is 1. The molecule has 63 heavy (non-hydrogen) atoms. The Hall–Kier alpha value is -5.45. The molecule has 2 bridgehead atoms. The second-order valence-electron chi connectivity index (χ2n) is 18.2. The minimum Gasteiger partial charge on any atom is -0.460 e. The van der Waals surface area contributed by atoms with Crippen LogP contribution in [0.5, 0.6) is 0 Å². The number of aliphatic hydroxyl groups excluding tert-OH is 1. The van der Waals surface area contributed by atoms with Gasteiger partial charge in [-0.3, -0.25) is 28.8 Å². The predicted molar refractivity (Wildman–Crippen MR) is 228 cm³/mol. The van der Waals surface area contributed by atoms with Crippen LogP contribution in [0.1, 0.15) is 75.1 Å². The first-order valence-corrected chi connectivity index (χ1v) is 21.7. The van der Waals surface area contributed by atoms with Crippen molar-refractivity contribution in [2.75, 3.05) is 27.2 Å². The number of fused-ring (bicyclic) bond motifs is 4. The van der Waals surface area contributed by atoms with E-state index in [-0.39, 0.29) is 38.3 Å². The van der Waals surface area contributed by atoms with Crippen LogP contribution in [0, 0.1) is 5.41 Å². The van der Waals surface area contributed by atoms with Crippen LogP contribution in [-0.2, 0) is 60.1 Å². The summed E-state index contributed by atoms with van der Waals surface area (Å²) in [4.78, 5) is 78.8. The molecule has 3 amide bonds. The predicted octanol–water partition coefficient (Wildman–Crippen LogP) is 3.86. The number of carbonyl (C=O) groups excluding carboxylic acids is 5. The van der Waals surface area contributed by atoms with Crippen molar-refractivity contribution in [2.45, 2.75) is 113 Å². The van der Waals surface area contributed by atoms with Crippen molar-refractivity contribution >= 4 is 35.7 Å². The summed E-state index contributed by atoms with van der Waals surface area (Å²) in [6.45, 7) is 5.21. The van der Waals surface area contributed by atoms with Crippen LogP contribution in [0.3, 0.4) is 0 Å². The Kier molecular flexibility index (Phi) is 12.3. The number of hydrogen-bond donors (Lipinski definition) is 2. The highest BCUT2D eigenvalue weighted by molar-refractivity contribution is 5.97. The first-order chi connectivity index (χ1) is 30.1. The number of aliphatic hydroxyl groups is 1. The lowest BCUT2D eigenvalue weighted by Crippen LogP contribution is -2.70. The molecule has 5 aliphatic rings. The number of ether oxygens (including phenoxy) is 4. The molecule has 5 fully saturated rings. The number of benzene rings is 3. The van der Waals surface area contributed by atoms with E-state index < -0.39 is 89.7 Å².